The average Bonchev–Trinajstić information content (AvgIpc) is 3.14. The van der Waals surface area contributed by atoms with E-state index >= 15 is 0 Å². The molecule has 4 amide bonds. The first-order chi connectivity index (χ1) is 25.1. The van der Waals surface area contributed by atoms with Gasteiger partial charge in [0.1, 0.15) is 11.9 Å². The summed E-state index contributed by atoms with van der Waals surface area (Å²) in [4.78, 5) is 43.7. The molecule has 0 radical (unpaired) electrons. The standard InChI is InChI=1S/C41H44N6O5/c1-26-22-47(27(2)25-48)40(50)33-21-31(43-41(51)45-35-14-8-10-29-9-4-5-11-32(29)35)19-20-37(33)52-38(26)24-46(3)23-28-15-17-30(18-16-28)39(49)44-36-13-7-6-12-34(36)42/h4-21,26-27,38,48H,22-25,42H2,1-3H3,(H,44,49)(H2,43,45,51)/t26-,27+,38-/m0/s1. The van der Waals surface area contributed by atoms with Crippen molar-refractivity contribution >= 4 is 51.4 Å². The fourth-order valence-electron chi connectivity index (χ4n) is 6.39. The zero-order valence-electron chi connectivity index (χ0n) is 29.5. The predicted molar refractivity (Wildman–Crippen MR) is 206 cm³/mol. The van der Waals surface area contributed by atoms with Gasteiger partial charge in [-0.1, -0.05) is 67.6 Å². The summed E-state index contributed by atoms with van der Waals surface area (Å²) in [7, 11) is 2.00. The lowest BCUT2D eigenvalue weighted by Crippen LogP contribution is -2.49. The van der Waals surface area contributed by atoms with Crippen LogP contribution in [0, 0.1) is 5.92 Å². The van der Waals surface area contributed by atoms with Crippen LogP contribution in [0.1, 0.15) is 40.1 Å². The summed E-state index contributed by atoms with van der Waals surface area (Å²) in [5, 5.41) is 20.6. The van der Waals surface area contributed by atoms with Gasteiger partial charge in [-0.05, 0) is 73.5 Å². The Hall–Kier alpha value is -5.91. The van der Waals surface area contributed by atoms with E-state index in [1.807, 2.05) is 87.6 Å². The van der Waals surface area contributed by atoms with Gasteiger partial charge in [-0.3, -0.25) is 14.5 Å². The van der Waals surface area contributed by atoms with Crippen LogP contribution in [0.2, 0.25) is 0 Å². The Balaban J connectivity index is 1.15. The lowest BCUT2D eigenvalue weighted by atomic mass is 9.99. The van der Waals surface area contributed by atoms with Crippen LogP contribution in [0.25, 0.3) is 10.8 Å². The number of fused-ring (bicyclic) bond motifs is 2. The van der Waals surface area contributed by atoms with Crippen LogP contribution in [0.4, 0.5) is 27.5 Å². The number of nitrogens with two attached hydrogens (primary N) is 1. The number of ether oxygens (including phenoxy) is 1. The summed E-state index contributed by atoms with van der Waals surface area (Å²) in [6.07, 6.45) is -0.305. The molecule has 0 bridgehead atoms. The second kappa shape index (κ2) is 16.0. The topological polar surface area (TPSA) is 149 Å². The Labute approximate surface area is 303 Å². The molecule has 0 aliphatic carbocycles. The van der Waals surface area contributed by atoms with Gasteiger partial charge >= 0.3 is 6.03 Å². The van der Waals surface area contributed by atoms with Crippen LogP contribution in [-0.2, 0) is 6.54 Å². The number of nitrogens with one attached hydrogen (secondary N) is 3. The number of carbonyl (C=O) groups is 3. The van der Waals surface area contributed by atoms with Crippen molar-refractivity contribution < 1.29 is 24.2 Å². The first kappa shape index (κ1) is 35.9. The largest absolute Gasteiger partial charge is 0.488 e. The molecule has 1 heterocycles. The van der Waals surface area contributed by atoms with Crippen LogP contribution in [-0.4, -0.2) is 71.6 Å². The molecule has 268 valence electrons. The van der Waals surface area contributed by atoms with E-state index in [-0.39, 0.29) is 30.4 Å². The van der Waals surface area contributed by atoms with Gasteiger partial charge in [0.25, 0.3) is 11.8 Å². The highest BCUT2D eigenvalue weighted by Gasteiger charge is 2.33. The molecule has 1 aliphatic rings. The number of hydrogen-bond donors (Lipinski definition) is 5. The number of para-hydroxylation sites is 2. The zero-order valence-corrected chi connectivity index (χ0v) is 29.5. The smallest absolute Gasteiger partial charge is 0.323 e. The van der Waals surface area contributed by atoms with Crippen LogP contribution < -0.4 is 26.4 Å². The van der Waals surface area contributed by atoms with E-state index in [4.69, 9.17) is 10.5 Å². The fraction of sp³-hybridized carbons (Fsp3) is 0.244. The number of carbonyl (C=O) groups excluding carboxylic acids is 3. The van der Waals surface area contributed by atoms with E-state index in [1.54, 1.807) is 47.4 Å². The van der Waals surface area contributed by atoms with E-state index in [0.717, 1.165) is 16.3 Å². The molecule has 0 saturated carbocycles. The zero-order chi connectivity index (χ0) is 36.8. The third-order valence-corrected chi connectivity index (χ3v) is 9.33. The lowest BCUT2D eigenvalue weighted by Gasteiger charge is -2.38. The molecule has 6 rings (SSSR count). The van der Waals surface area contributed by atoms with Gasteiger partial charge < -0.3 is 36.4 Å². The number of urea groups is 1. The Bertz CT molecular complexity index is 2060. The van der Waals surface area contributed by atoms with E-state index in [2.05, 4.69) is 20.9 Å². The summed E-state index contributed by atoms with van der Waals surface area (Å²) in [5.41, 5.74) is 9.97. The summed E-state index contributed by atoms with van der Waals surface area (Å²) >= 11 is 0. The maximum absolute atomic E-state index is 13.9. The molecule has 0 spiro atoms. The van der Waals surface area contributed by atoms with Gasteiger partial charge in [0, 0.05) is 42.2 Å². The number of aliphatic hydroxyl groups excluding tert-OH is 1. The molecule has 0 fully saturated rings. The van der Waals surface area contributed by atoms with Crippen LogP contribution >= 0.6 is 0 Å². The predicted octanol–water partition coefficient (Wildman–Crippen LogP) is 6.67. The number of aliphatic hydroxyl groups is 1. The number of anilines is 4. The Kier molecular flexibility index (Phi) is 11.0. The maximum atomic E-state index is 13.9. The maximum Gasteiger partial charge on any atom is 0.323 e. The van der Waals surface area contributed by atoms with Gasteiger partial charge in [0.2, 0.25) is 0 Å². The Morgan fingerprint density at radius 2 is 1.63 bits per heavy atom. The van der Waals surface area contributed by atoms with Crippen molar-refractivity contribution in [3.8, 4) is 5.75 Å². The highest BCUT2D eigenvalue weighted by atomic mass is 16.5. The number of nitrogens with zero attached hydrogens (tertiary/aromatic N) is 2. The first-order valence-corrected chi connectivity index (χ1v) is 17.3. The van der Waals surface area contributed by atoms with Crippen LogP contribution in [0.5, 0.6) is 5.75 Å². The summed E-state index contributed by atoms with van der Waals surface area (Å²) in [5.74, 6) is -0.200. The average molecular weight is 701 g/mol. The van der Waals surface area contributed by atoms with Crippen molar-refractivity contribution in [3.05, 3.63) is 126 Å². The Morgan fingerprint density at radius 1 is 0.923 bits per heavy atom. The fourth-order valence-corrected chi connectivity index (χ4v) is 6.39. The van der Waals surface area contributed by atoms with Crippen molar-refractivity contribution in [2.24, 2.45) is 5.92 Å². The van der Waals surface area contributed by atoms with E-state index in [9.17, 15) is 19.5 Å². The molecule has 0 saturated heterocycles. The number of hydrogen-bond acceptors (Lipinski definition) is 7. The van der Waals surface area contributed by atoms with Crippen LogP contribution in [0.15, 0.2) is 109 Å². The summed E-state index contributed by atoms with van der Waals surface area (Å²) in [6.45, 7) is 5.15. The quantitative estimate of drug-likeness (QED) is 0.102. The highest BCUT2D eigenvalue weighted by molar-refractivity contribution is 6.07. The molecule has 0 aromatic heterocycles. The SMILES string of the molecule is C[C@H](CO)N1C[C@H](C)[C@H](CN(C)Cc2ccc(C(=O)Nc3ccccc3N)cc2)Oc2ccc(NC(=O)Nc3cccc4ccccc34)cc2C1=O. The monoisotopic (exact) mass is 700 g/mol. The minimum absolute atomic E-state index is 0.0747. The van der Waals surface area contributed by atoms with E-state index in [0.29, 0.717) is 59.3 Å². The van der Waals surface area contributed by atoms with Crippen molar-refractivity contribution in [2.75, 3.05) is 48.4 Å². The molecular formula is C41H44N6O5. The van der Waals surface area contributed by atoms with Gasteiger partial charge in [0.05, 0.1) is 35.3 Å². The number of likely N-dealkylation sites (N-methyl/N-ethyl adjacent to an activating group) is 1. The van der Waals surface area contributed by atoms with Gasteiger partial charge in [0.15, 0.2) is 0 Å². The normalized spacial score (nSPS) is 16.3. The second-order valence-corrected chi connectivity index (χ2v) is 13.4. The molecule has 52 heavy (non-hydrogen) atoms. The van der Waals surface area contributed by atoms with Gasteiger partial charge in [-0.2, -0.15) is 0 Å². The van der Waals surface area contributed by atoms with Crippen molar-refractivity contribution in [1.82, 2.24) is 9.80 Å². The molecule has 1 aliphatic heterocycles. The van der Waals surface area contributed by atoms with E-state index in [1.165, 1.54) is 0 Å². The molecule has 5 aromatic carbocycles. The third kappa shape index (κ3) is 8.34. The number of nitrogen functional groups attached to an aromatic ring is 1. The molecule has 6 N–H and O–H groups in total. The van der Waals surface area contributed by atoms with Gasteiger partial charge in [-0.25, -0.2) is 4.79 Å². The van der Waals surface area contributed by atoms with Gasteiger partial charge in [-0.15, -0.1) is 0 Å². The number of benzene rings is 5. The minimum Gasteiger partial charge on any atom is -0.488 e. The van der Waals surface area contributed by atoms with Crippen molar-refractivity contribution in [1.29, 1.82) is 0 Å². The van der Waals surface area contributed by atoms with Crippen molar-refractivity contribution in [2.45, 2.75) is 32.5 Å². The lowest BCUT2D eigenvalue weighted by molar-refractivity contribution is 0.0341. The number of amides is 4. The first-order valence-electron chi connectivity index (χ1n) is 17.3. The highest BCUT2D eigenvalue weighted by Crippen LogP contribution is 2.31. The van der Waals surface area contributed by atoms with Crippen molar-refractivity contribution in [3.63, 3.8) is 0 Å². The third-order valence-electron chi connectivity index (χ3n) is 9.33. The molecular weight excluding hydrogens is 656 g/mol. The van der Waals surface area contributed by atoms with Crippen LogP contribution in [0.3, 0.4) is 0 Å². The molecule has 0 unspecified atom stereocenters. The van der Waals surface area contributed by atoms with E-state index < -0.39 is 12.1 Å². The molecule has 11 nitrogen and oxygen atoms in total. The summed E-state index contributed by atoms with van der Waals surface area (Å²) < 4.78 is 6.57. The summed E-state index contributed by atoms with van der Waals surface area (Å²) in [6, 6.07) is 32.2. The second-order valence-electron chi connectivity index (χ2n) is 13.4. The molecule has 5 aromatic rings. The molecule has 11 heteroatoms. The molecule has 3 atom stereocenters. The minimum atomic E-state index is -0.446. The number of rotatable bonds is 10. The Morgan fingerprint density at radius 3 is 2.40 bits per heavy atom.